The molecule has 1 N–H and O–H groups in total. The lowest BCUT2D eigenvalue weighted by Gasteiger charge is -2.19. The molecule has 0 spiro atoms. The predicted molar refractivity (Wildman–Crippen MR) is 79.0 cm³/mol. The topological polar surface area (TPSA) is 43.8 Å². The molecular weight excluding hydrogens is 252 g/mol. The zero-order valence-corrected chi connectivity index (χ0v) is 12.2. The van der Waals surface area contributed by atoms with Crippen LogP contribution in [0.4, 0.5) is 5.69 Å². The summed E-state index contributed by atoms with van der Waals surface area (Å²) in [6.45, 7) is 4.20. The minimum atomic E-state index is 0.179. The van der Waals surface area contributed by atoms with Gasteiger partial charge in [-0.15, -0.1) is 0 Å². The maximum Gasteiger partial charge on any atom is 0.231 e. The van der Waals surface area contributed by atoms with Crippen LogP contribution in [0.5, 0.6) is 0 Å². The number of benzene rings is 1. The lowest BCUT2D eigenvalue weighted by atomic mass is 9.94. The van der Waals surface area contributed by atoms with Gasteiger partial charge in [-0.25, -0.2) is 0 Å². The van der Waals surface area contributed by atoms with Crippen LogP contribution in [0.25, 0.3) is 0 Å². The van der Waals surface area contributed by atoms with Crippen LogP contribution in [0.15, 0.2) is 18.2 Å². The number of anilines is 1. The fourth-order valence-electron chi connectivity index (χ4n) is 3.52. The molecule has 1 fully saturated rings. The highest BCUT2D eigenvalue weighted by molar-refractivity contribution is 6.00. The van der Waals surface area contributed by atoms with Crippen molar-refractivity contribution in [3.63, 3.8) is 0 Å². The van der Waals surface area contributed by atoms with Crippen molar-refractivity contribution in [3.8, 4) is 0 Å². The number of carbonyl (C=O) groups is 1. The van der Waals surface area contributed by atoms with Crippen LogP contribution in [-0.2, 0) is 11.2 Å². The Morgan fingerprint density at radius 1 is 1.40 bits per heavy atom. The second-order valence-corrected chi connectivity index (χ2v) is 6.02. The third-order valence-corrected chi connectivity index (χ3v) is 4.74. The van der Waals surface area contributed by atoms with Gasteiger partial charge in [-0.1, -0.05) is 12.1 Å². The molecule has 20 heavy (non-hydrogen) atoms. The van der Waals surface area contributed by atoms with Crippen LogP contribution in [-0.4, -0.2) is 48.7 Å². The quantitative estimate of drug-likeness (QED) is 0.905. The number of hydrogen-bond donors (Lipinski definition) is 1. The maximum atomic E-state index is 11.7. The van der Waals surface area contributed by atoms with Crippen molar-refractivity contribution in [2.24, 2.45) is 0 Å². The van der Waals surface area contributed by atoms with E-state index in [0.717, 1.165) is 30.8 Å². The molecule has 0 saturated carbocycles. The molecule has 1 amide bonds. The van der Waals surface area contributed by atoms with Crippen molar-refractivity contribution in [2.75, 3.05) is 31.6 Å². The van der Waals surface area contributed by atoms with Crippen LogP contribution in [0.3, 0.4) is 0 Å². The summed E-state index contributed by atoms with van der Waals surface area (Å²) in [5.41, 5.74) is 3.54. The van der Waals surface area contributed by atoms with Gasteiger partial charge in [0.05, 0.1) is 13.0 Å². The molecule has 108 valence electrons. The molecule has 4 heteroatoms. The van der Waals surface area contributed by atoms with Gasteiger partial charge in [0.15, 0.2) is 0 Å². The van der Waals surface area contributed by atoms with Crippen molar-refractivity contribution in [3.05, 3.63) is 29.3 Å². The molecular formula is C16H22N2O2. The van der Waals surface area contributed by atoms with Gasteiger partial charge in [0, 0.05) is 31.9 Å². The Labute approximate surface area is 120 Å². The van der Waals surface area contributed by atoms with E-state index in [0.29, 0.717) is 18.4 Å². The monoisotopic (exact) mass is 274 g/mol. The van der Waals surface area contributed by atoms with E-state index in [1.54, 1.807) is 4.90 Å². The molecule has 0 aliphatic carbocycles. The second kappa shape index (κ2) is 5.19. The van der Waals surface area contributed by atoms with Crippen molar-refractivity contribution in [1.29, 1.82) is 0 Å². The smallest absolute Gasteiger partial charge is 0.231 e. The highest BCUT2D eigenvalue weighted by Crippen LogP contribution is 2.35. The van der Waals surface area contributed by atoms with E-state index in [-0.39, 0.29) is 12.5 Å². The number of nitrogens with zero attached hydrogens (tertiary/aromatic N) is 2. The molecule has 1 saturated heterocycles. The average molecular weight is 274 g/mol. The standard InChI is InChI=1S/C16H22N2O2/c1-11-7-14(10-18(11)5-6-19)12-3-4-15-13(8-12)9-16(20)17(15)2/h3-4,8,11,14,19H,5-7,9-10H2,1-2H3. The highest BCUT2D eigenvalue weighted by atomic mass is 16.3. The summed E-state index contributed by atoms with van der Waals surface area (Å²) < 4.78 is 0. The second-order valence-electron chi connectivity index (χ2n) is 6.02. The van der Waals surface area contributed by atoms with Crippen LogP contribution in [0, 0.1) is 0 Å². The van der Waals surface area contributed by atoms with Gasteiger partial charge in [0.25, 0.3) is 0 Å². The molecule has 2 unspecified atom stereocenters. The number of amides is 1. The Kier molecular flexibility index (Phi) is 3.52. The Morgan fingerprint density at radius 2 is 2.20 bits per heavy atom. The van der Waals surface area contributed by atoms with E-state index in [2.05, 4.69) is 30.0 Å². The number of likely N-dealkylation sites (N-methyl/N-ethyl adjacent to an activating group) is 1. The highest BCUT2D eigenvalue weighted by Gasteiger charge is 2.31. The number of hydrogen-bond acceptors (Lipinski definition) is 3. The summed E-state index contributed by atoms with van der Waals surface area (Å²) >= 11 is 0. The predicted octanol–water partition coefficient (Wildman–Crippen LogP) is 1.38. The summed E-state index contributed by atoms with van der Waals surface area (Å²) in [6, 6.07) is 6.96. The first-order valence-electron chi connectivity index (χ1n) is 7.34. The summed E-state index contributed by atoms with van der Waals surface area (Å²) in [6.07, 6.45) is 1.66. The van der Waals surface area contributed by atoms with E-state index < -0.39 is 0 Å². The first-order chi connectivity index (χ1) is 9.60. The zero-order chi connectivity index (χ0) is 14.3. The Morgan fingerprint density at radius 3 is 2.95 bits per heavy atom. The number of aliphatic hydroxyl groups excluding tert-OH is 1. The van der Waals surface area contributed by atoms with Gasteiger partial charge in [-0.05, 0) is 36.5 Å². The first kappa shape index (κ1) is 13.6. The lowest BCUT2D eigenvalue weighted by molar-refractivity contribution is -0.117. The molecule has 0 bridgehead atoms. The number of fused-ring (bicyclic) bond motifs is 1. The minimum absolute atomic E-state index is 0.179. The molecule has 1 aromatic carbocycles. The normalized spacial score (nSPS) is 26.4. The number of likely N-dealkylation sites (tertiary alicyclic amines) is 1. The molecule has 2 atom stereocenters. The van der Waals surface area contributed by atoms with Gasteiger partial charge in [0.1, 0.15) is 0 Å². The van der Waals surface area contributed by atoms with Crippen LogP contribution < -0.4 is 4.90 Å². The zero-order valence-electron chi connectivity index (χ0n) is 12.2. The average Bonchev–Trinajstić information content (AvgIpc) is 2.92. The summed E-state index contributed by atoms with van der Waals surface area (Å²) in [5, 5.41) is 9.10. The molecule has 0 radical (unpaired) electrons. The number of β-amino-alcohol motifs (C(OH)–C–C–N with tert-alkyl or cyclic N) is 1. The minimum Gasteiger partial charge on any atom is -0.395 e. The summed E-state index contributed by atoms with van der Waals surface area (Å²) in [7, 11) is 1.84. The van der Waals surface area contributed by atoms with E-state index >= 15 is 0 Å². The number of aliphatic hydroxyl groups is 1. The maximum absolute atomic E-state index is 11.7. The molecule has 4 nitrogen and oxygen atoms in total. The first-order valence-corrected chi connectivity index (χ1v) is 7.34. The fraction of sp³-hybridized carbons (Fsp3) is 0.562. The SMILES string of the molecule is CC1CC(c2ccc3c(c2)CC(=O)N3C)CN1CCO. The van der Waals surface area contributed by atoms with Crippen molar-refractivity contribution in [1.82, 2.24) is 4.90 Å². The van der Waals surface area contributed by atoms with Gasteiger partial charge in [0.2, 0.25) is 5.91 Å². The fourth-order valence-corrected chi connectivity index (χ4v) is 3.52. The Hall–Kier alpha value is -1.39. The molecule has 2 aliphatic heterocycles. The molecule has 2 aliphatic rings. The molecule has 3 rings (SSSR count). The third kappa shape index (κ3) is 2.23. The Balaban J connectivity index is 1.80. The van der Waals surface area contributed by atoms with Gasteiger partial charge < -0.3 is 10.0 Å². The van der Waals surface area contributed by atoms with Crippen LogP contribution in [0.1, 0.15) is 30.4 Å². The van der Waals surface area contributed by atoms with E-state index in [1.165, 1.54) is 5.56 Å². The number of carbonyl (C=O) groups excluding carboxylic acids is 1. The van der Waals surface area contributed by atoms with E-state index in [4.69, 9.17) is 5.11 Å². The van der Waals surface area contributed by atoms with Gasteiger partial charge >= 0.3 is 0 Å². The summed E-state index contributed by atoms with van der Waals surface area (Å²) in [5.74, 6) is 0.696. The van der Waals surface area contributed by atoms with E-state index in [1.807, 2.05) is 7.05 Å². The van der Waals surface area contributed by atoms with E-state index in [9.17, 15) is 4.79 Å². The van der Waals surface area contributed by atoms with Crippen molar-refractivity contribution < 1.29 is 9.90 Å². The Bertz CT molecular complexity index is 529. The van der Waals surface area contributed by atoms with Gasteiger partial charge in [-0.2, -0.15) is 0 Å². The molecule has 1 aromatic rings. The van der Waals surface area contributed by atoms with Gasteiger partial charge in [-0.3, -0.25) is 9.69 Å². The molecule has 0 aromatic heterocycles. The van der Waals surface area contributed by atoms with Crippen LogP contribution in [0.2, 0.25) is 0 Å². The number of rotatable bonds is 3. The third-order valence-electron chi connectivity index (χ3n) is 4.74. The molecule has 2 heterocycles. The van der Waals surface area contributed by atoms with Crippen molar-refractivity contribution in [2.45, 2.75) is 31.7 Å². The largest absolute Gasteiger partial charge is 0.395 e. The summed E-state index contributed by atoms with van der Waals surface area (Å²) in [4.78, 5) is 15.8. The van der Waals surface area contributed by atoms with Crippen LogP contribution >= 0.6 is 0 Å². The lowest BCUT2D eigenvalue weighted by Crippen LogP contribution is -2.29. The van der Waals surface area contributed by atoms with Crippen molar-refractivity contribution >= 4 is 11.6 Å².